The second-order valence-electron chi connectivity index (χ2n) is 5.66. The molecule has 0 saturated carbocycles. The van der Waals surface area contributed by atoms with Gasteiger partial charge in [0.15, 0.2) is 0 Å². The fourth-order valence-electron chi connectivity index (χ4n) is 2.34. The van der Waals surface area contributed by atoms with Gasteiger partial charge >= 0.3 is 0 Å². The van der Waals surface area contributed by atoms with Crippen molar-refractivity contribution in [3.8, 4) is 0 Å². The van der Waals surface area contributed by atoms with Crippen molar-refractivity contribution in [1.29, 1.82) is 0 Å². The highest BCUT2D eigenvalue weighted by Gasteiger charge is 2.47. The predicted octanol–water partition coefficient (Wildman–Crippen LogP) is 1.96. The molecule has 15 heavy (non-hydrogen) atoms. The first-order chi connectivity index (χ1) is 6.77. The van der Waals surface area contributed by atoms with E-state index in [0.717, 1.165) is 13.0 Å². The van der Waals surface area contributed by atoms with Gasteiger partial charge in [0.25, 0.3) is 0 Å². The predicted molar refractivity (Wildman–Crippen MR) is 62.1 cm³/mol. The van der Waals surface area contributed by atoms with Crippen molar-refractivity contribution in [3.05, 3.63) is 0 Å². The Morgan fingerprint density at radius 2 is 2.00 bits per heavy atom. The van der Waals surface area contributed by atoms with Crippen LogP contribution in [0.1, 0.15) is 41.0 Å². The van der Waals surface area contributed by atoms with Crippen molar-refractivity contribution >= 4 is 0 Å². The minimum atomic E-state index is -0.175. The average Bonchev–Trinajstić information content (AvgIpc) is 2.19. The van der Waals surface area contributed by atoms with Gasteiger partial charge in [-0.3, -0.25) is 0 Å². The van der Waals surface area contributed by atoms with E-state index in [0.29, 0.717) is 0 Å². The third-order valence-corrected chi connectivity index (χ3v) is 2.88. The number of hydrogen-bond acceptors (Lipinski definition) is 3. The highest BCUT2D eigenvalue weighted by molar-refractivity contribution is 4.95. The largest absolute Gasteiger partial charge is 0.371 e. The normalized spacial score (nSPS) is 30.4. The molecule has 0 aromatic heterocycles. The minimum Gasteiger partial charge on any atom is -0.371 e. The highest BCUT2D eigenvalue weighted by atomic mass is 16.6. The zero-order valence-electron chi connectivity index (χ0n) is 10.9. The Bertz CT molecular complexity index is 214. The van der Waals surface area contributed by atoms with Gasteiger partial charge in [-0.2, -0.15) is 0 Å². The van der Waals surface area contributed by atoms with E-state index < -0.39 is 0 Å². The maximum Gasteiger partial charge on any atom is 0.0895 e. The molecule has 2 unspecified atom stereocenters. The van der Waals surface area contributed by atoms with Crippen LogP contribution >= 0.6 is 0 Å². The summed E-state index contributed by atoms with van der Waals surface area (Å²) < 4.78 is 12.0. The zero-order chi connectivity index (χ0) is 11.7. The van der Waals surface area contributed by atoms with Crippen molar-refractivity contribution in [2.24, 2.45) is 0 Å². The maximum absolute atomic E-state index is 6.02. The summed E-state index contributed by atoms with van der Waals surface area (Å²) in [7, 11) is 1.94. The molecule has 1 aliphatic heterocycles. The smallest absolute Gasteiger partial charge is 0.0895 e. The summed E-state index contributed by atoms with van der Waals surface area (Å²) in [5.74, 6) is 0. The monoisotopic (exact) mass is 215 g/mol. The lowest BCUT2D eigenvalue weighted by Crippen LogP contribution is -2.38. The molecule has 3 heteroatoms. The van der Waals surface area contributed by atoms with Crippen LogP contribution in [-0.2, 0) is 9.47 Å². The fourth-order valence-corrected chi connectivity index (χ4v) is 2.34. The second kappa shape index (κ2) is 4.40. The molecule has 1 N–H and O–H groups in total. The summed E-state index contributed by atoms with van der Waals surface area (Å²) in [6, 6.07) is 0. The molecule has 1 rings (SSSR count). The quantitative estimate of drug-likeness (QED) is 0.777. The van der Waals surface area contributed by atoms with E-state index in [2.05, 4.69) is 39.9 Å². The Balaban J connectivity index is 2.55. The van der Waals surface area contributed by atoms with Crippen LogP contribution in [0.2, 0.25) is 0 Å². The molecule has 1 aliphatic rings. The van der Waals surface area contributed by atoms with Crippen LogP contribution in [0.15, 0.2) is 0 Å². The third-order valence-electron chi connectivity index (χ3n) is 2.88. The van der Waals surface area contributed by atoms with Gasteiger partial charge in [0.1, 0.15) is 0 Å². The van der Waals surface area contributed by atoms with Crippen LogP contribution in [0.3, 0.4) is 0 Å². The molecule has 0 aliphatic carbocycles. The van der Waals surface area contributed by atoms with Crippen LogP contribution < -0.4 is 5.32 Å². The SMILES string of the molecule is CNCC(C)OC1CC(C)(C)OC1(C)C. The maximum atomic E-state index is 6.02. The number of nitrogens with one attached hydrogen (secondary N) is 1. The van der Waals surface area contributed by atoms with Crippen molar-refractivity contribution < 1.29 is 9.47 Å². The lowest BCUT2D eigenvalue weighted by molar-refractivity contribution is -0.115. The van der Waals surface area contributed by atoms with E-state index >= 15 is 0 Å². The van der Waals surface area contributed by atoms with Crippen LogP contribution in [0.25, 0.3) is 0 Å². The van der Waals surface area contributed by atoms with Crippen molar-refractivity contribution in [1.82, 2.24) is 5.32 Å². The van der Waals surface area contributed by atoms with Crippen molar-refractivity contribution in [3.63, 3.8) is 0 Å². The average molecular weight is 215 g/mol. The van der Waals surface area contributed by atoms with Crippen molar-refractivity contribution in [2.75, 3.05) is 13.6 Å². The molecule has 1 saturated heterocycles. The van der Waals surface area contributed by atoms with Crippen LogP contribution in [0, 0.1) is 0 Å². The van der Waals surface area contributed by atoms with Crippen molar-refractivity contribution in [2.45, 2.75) is 64.4 Å². The van der Waals surface area contributed by atoms with Crippen LogP contribution in [0.4, 0.5) is 0 Å². The summed E-state index contributed by atoms with van der Waals surface area (Å²) in [5, 5.41) is 3.12. The molecule has 0 aromatic carbocycles. The fraction of sp³-hybridized carbons (Fsp3) is 1.00. The van der Waals surface area contributed by atoms with Gasteiger partial charge in [-0.15, -0.1) is 0 Å². The van der Waals surface area contributed by atoms with E-state index in [1.54, 1.807) is 0 Å². The Kier molecular flexibility index (Phi) is 3.80. The first kappa shape index (κ1) is 12.9. The van der Waals surface area contributed by atoms with Gasteiger partial charge in [0, 0.05) is 13.0 Å². The molecule has 0 bridgehead atoms. The summed E-state index contributed by atoms with van der Waals surface area (Å²) in [6.45, 7) is 11.4. The summed E-state index contributed by atoms with van der Waals surface area (Å²) in [5.41, 5.74) is -0.237. The highest BCUT2D eigenvalue weighted by Crippen LogP contribution is 2.39. The van der Waals surface area contributed by atoms with Gasteiger partial charge in [0.05, 0.1) is 23.4 Å². The molecular formula is C12H25NO2. The standard InChI is InChI=1S/C12H25NO2/c1-9(8-13-6)14-10-7-11(2,3)15-12(10,4)5/h9-10,13H,7-8H2,1-6H3. The molecule has 90 valence electrons. The minimum absolute atomic E-state index is 0.0620. The van der Waals surface area contributed by atoms with Crippen LogP contribution in [0.5, 0.6) is 0 Å². The summed E-state index contributed by atoms with van der Waals surface area (Å²) >= 11 is 0. The Morgan fingerprint density at radius 1 is 1.40 bits per heavy atom. The van der Waals surface area contributed by atoms with Gasteiger partial charge in [-0.1, -0.05) is 0 Å². The number of hydrogen-bond donors (Lipinski definition) is 1. The van der Waals surface area contributed by atoms with E-state index in [9.17, 15) is 0 Å². The Hall–Kier alpha value is -0.120. The number of rotatable bonds is 4. The van der Waals surface area contributed by atoms with Crippen LogP contribution in [-0.4, -0.2) is 37.0 Å². The van der Waals surface area contributed by atoms with E-state index in [1.165, 1.54) is 0 Å². The lowest BCUT2D eigenvalue weighted by atomic mass is 9.97. The molecule has 2 atom stereocenters. The second-order valence-corrected chi connectivity index (χ2v) is 5.66. The topological polar surface area (TPSA) is 30.5 Å². The van der Waals surface area contributed by atoms with Gasteiger partial charge in [-0.05, 0) is 41.7 Å². The Morgan fingerprint density at radius 3 is 2.40 bits per heavy atom. The first-order valence-corrected chi connectivity index (χ1v) is 5.77. The van der Waals surface area contributed by atoms with Gasteiger partial charge < -0.3 is 14.8 Å². The zero-order valence-corrected chi connectivity index (χ0v) is 10.9. The number of likely N-dealkylation sites (N-methyl/N-ethyl adjacent to an activating group) is 1. The molecule has 0 radical (unpaired) electrons. The summed E-state index contributed by atoms with van der Waals surface area (Å²) in [6.07, 6.45) is 1.39. The first-order valence-electron chi connectivity index (χ1n) is 5.77. The molecule has 0 aromatic rings. The number of ether oxygens (including phenoxy) is 2. The summed E-state index contributed by atoms with van der Waals surface area (Å²) in [4.78, 5) is 0. The Labute approximate surface area is 93.5 Å². The molecule has 1 heterocycles. The van der Waals surface area contributed by atoms with E-state index in [-0.39, 0.29) is 23.4 Å². The molecular weight excluding hydrogens is 190 g/mol. The van der Waals surface area contributed by atoms with E-state index in [4.69, 9.17) is 9.47 Å². The van der Waals surface area contributed by atoms with Gasteiger partial charge in [-0.25, -0.2) is 0 Å². The molecule has 3 nitrogen and oxygen atoms in total. The van der Waals surface area contributed by atoms with E-state index in [1.807, 2.05) is 7.05 Å². The van der Waals surface area contributed by atoms with Gasteiger partial charge in [0.2, 0.25) is 0 Å². The third kappa shape index (κ3) is 3.44. The molecule has 0 amide bonds. The lowest BCUT2D eigenvalue weighted by Gasteiger charge is -2.29. The molecule has 0 spiro atoms. The molecule has 1 fully saturated rings.